The summed E-state index contributed by atoms with van der Waals surface area (Å²) in [5.41, 5.74) is 6.99. The molecule has 0 spiro atoms. The molecule has 1 atom stereocenters. The molecule has 0 heterocycles. The van der Waals surface area contributed by atoms with Crippen LogP contribution in [0.5, 0.6) is 0 Å². The van der Waals surface area contributed by atoms with Gasteiger partial charge in [0.2, 0.25) is 0 Å². The van der Waals surface area contributed by atoms with E-state index < -0.39 is 0 Å². The molecule has 2 heteroatoms. The largest absolute Gasteiger partial charge is 0.383 e. The van der Waals surface area contributed by atoms with Gasteiger partial charge in [-0.3, -0.25) is 0 Å². The first-order valence-electron chi connectivity index (χ1n) is 4.02. The molecule has 12 heavy (non-hydrogen) atoms. The van der Waals surface area contributed by atoms with Crippen LogP contribution in [-0.4, -0.2) is 19.8 Å². The molecule has 2 nitrogen and oxygen atoms in total. The van der Waals surface area contributed by atoms with Crippen molar-refractivity contribution < 1.29 is 4.74 Å². The summed E-state index contributed by atoms with van der Waals surface area (Å²) in [5, 5.41) is 0. The normalized spacial score (nSPS) is 12.8. The van der Waals surface area contributed by atoms with Crippen LogP contribution >= 0.6 is 0 Å². The van der Waals surface area contributed by atoms with E-state index in [0.717, 1.165) is 6.42 Å². The molecule has 0 fully saturated rings. The van der Waals surface area contributed by atoms with Crippen LogP contribution in [0.3, 0.4) is 0 Å². The summed E-state index contributed by atoms with van der Waals surface area (Å²) in [6.07, 6.45) is 0.852. The van der Waals surface area contributed by atoms with E-state index in [0.29, 0.717) is 6.61 Å². The smallest absolute Gasteiger partial charge is 0.0616 e. The highest BCUT2D eigenvalue weighted by atomic mass is 16.5. The van der Waals surface area contributed by atoms with Gasteiger partial charge in [-0.05, 0) is 18.1 Å². The Labute approximate surface area is 73.3 Å². The Balaban J connectivity index is 2.41. The van der Waals surface area contributed by atoms with Crippen LogP contribution in [0.1, 0.15) is 5.56 Å². The molecule has 0 aromatic heterocycles. The molecule has 0 bridgehead atoms. The van der Waals surface area contributed by atoms with Crippen molar-refractivity contribution in [2.24, 2.45) is 5.73 Å². The lowest BCUT2D eigenvalue weighted by atomic mass is 10.1. The van der Waals surface area contributed by atoms with Gasteiger partial charge in [-0.1, -0.05) is 24.3 Å². The zero-order chi connectivity index (χ0) is 8.81. The number of rotatable bonds is 4. The maximum Gasteiger partial charge on any atom is 0.0616 e. The first-order chi connectivity index (χ1) is 5.83. The Morgan fingerprint density at radius 2 is 2.50 bits per heavy atom. The molecule has 0 amide bonds. The van der Waals surface area contributed by atoms with E-state index in [2.05, 4.69) is 6.07 Å². The summed E-state index contributed by atoms with van der Waals surface area (Å²) in [6.45, 7) is 0.606. The highest BCUT2D eigenvalue weighted by Gasteiger charge is 2.01. The van der Waals surface area contributed by atoms with E-state index in [1.54, 1.807) is 7.11 Å². The maximum absolute atomic E-state index is 5.78. The molecular formula is C10H14NO. The Morgan fingerprint density at radius 1 is 1.67 bits per heavy atom. The molecule has 1 aromatic rings. The average Bonchev–Trinajstić information content (AvgIpc) is 2.06. The van der Waals surface area contributed by atoms with Crippen LogP contribution in [0.25, 0.3) is 0 Å². The fraction of sp³-hybridized carbons (Fsp3) is 0.400. The number of nitrogens with two attached hydrogens (primary N) is 1. The lowest BCUT2D eigenvalue weighted by Gasteiger charge is -2.09. The molecule has 1 radical (unpaired) electrons. The quantitative estimate of drug-likeness (QED) is 0.720. The number of hydrogen-bond donors (Lipinski definition) is 1. The van der Waals surface area contributed by atoms with Crippen LogP contribution in [0.2, 0.25) is 0 Å². The van der Waals surface area contributed by atoms with Crippen molar-refractivity contribution >= 4 is 0 Å². The molecule has 2 N–H and O–H groups in total. The first-order valence-corrected chi connectivity index (χ1v) is 4.02. The van der Waals surface area contributed by atoms with Gasteiger partial charge >= 0.3 is 0 Å². The van der Waals surface area contributed by atoms with Crippen molar-refractivity contribution in [3.63, 3.8) is 0 Å². The van der Waals surface area contributed by atoms with E-state index in [1.165, 1.54) is 5.56 Å². The molecule has 0 aliphatic heterocycles. The van der Waals surface area contributed by atoms with Gasteiger partial charge in [-0.2, -0.15) is 0 Å². The second-order valence-electron chi connectivity index (χ2n) is 2.83. The van der Waals surface area contributed by atoms with Gasteiger partial charge in [0.05, 0.1) is 6.61 Å². The zero-order valence-electron chi connectivity index (χ0n) is 7.29. The lowest BCUT2D eigenvalue weighted by molar-refractivity contribution is 0.180. The van der Waals surface area contributed by atoms with Crippen molar-refractivity contribution in [2.75, 3.05) is 13.7 Å². The van der Waals surface area contributed by atoms with Crippen molar-refractivity contribution in [3.8, 4) is 0 Å². The maximum atomic E-state index is 5.78. The van der Waals surface area contributed by atoms with Crippen molar-refractivity contribution in [2.45, 2.75) is 12.5 Å². The highest BCUT2D eigenvalue weighted by Crippen LogP contribution is 2.00. The molecule has 0 aliphatic rings. The summed E-state index contributed by atoms with van der Waals surface area (Å²) in [5.74, 6) is 0. The van der Waals surface area contributed by atoms with Gasteiger partial charge in [0, 0.05) is 13.2 Å². The fourth-order valence-electron chi connectivity index (χ4n) is 1.13. The zero-order valence-corrected chi connectivity index (χ0v) is 7.29. The lowest BCUT2D eigenvalue weighted by Crippen LogP contribution is -2.27. The van der Waals surface area contributed by atoms with Crippen LogP contribution in [0.4, 0.5) is 0 Å². The van der Waals surface area contributed by atoms with E-state index in [-0.39, 0.29) is 6.04 Å². The number of ether oxygens (including phenoxy) is 1. The second kappa shape index (κ2) is 4.91. The van der Waals surface area contributed by atoms with Crippen LogP contribution in [0, 0.1) is 6.07 Å². The number of methoxy groups -OCH3 is 1. The monoisotopic (exact) mass is 164 g/mol. The average molecular weight is 164 g/mol. The molecule has 1 aromatic carbocycles. The van der Waals surface area contributed by atoms with Crippen LogP contribution < -0.4 is 5.73 Å². The van der Waals surface area contributed by atoms with Gasteiger partial charge in [-0.25, -0.2) is 0 Å². The second-order valence-corrected chi connectivity index (χ2v) is 2.83. The Hall–Kier alpha value is -0.860. The SMILES string of the molecule is COC[C@@H](N)Cc1c[c]ccc1. The van der Waals surface area contributed by atoms with E-state index in [1.807, 2.05) is 24.3 Å². The summed E-state index contributed by atoms with van der Waals surface area (Å²) in [6, 6.07) is 10.9. The van der Waals surface area contributed by atoms with Crippen LogP contribution in [-0.2, 0) is 11.2 Å². The van der Waals surface area contributed by atoms with Crippen molar-refractivity contribution in [1.82, 2.24) is 0 Å². The van der Waals surface area contributed by atoms with E-state index >= 15 is 0 Å². The van der Waals surface area contributed by atoms with Crippen LogP contribution in [0.15, 0.2) is 24.3 Å². The van der Waals surface area contributed by atoms with Crippen molar-refractivity contribution in [1.29, 1.82) is 0 Å². The molecule has 0 saturated heterocycles. The first kappa shape index (κ1) is 9.23. The molecule has 0 saturated carbocycles. The van der Waals surface area contributed by atoms with E-state index in [4.69, 9.17) is 10.5 Å². The molecular weight excluding hydrogens is 150 g/mol. The van der Waals surface area contributed by atoms with Gasteiger partial charge in [0.25, 0.3) is 0 Å². The van der Waals surface area contributed by atoms with Crippen molar-refractivity contribution in [3.05, 3.63) is 35.9 Å². The third-order valence-corrected chi connectivity index (χ3v) is 1.65. The van der Waals surface area contributed by atoms with Gasteiger partial charge in [0.1, 0.15) is 0 Å². The number of hydrogen-bond acceptors (Lipinski definition) is 2. The third-order valence-electron chi connectivity index (χ3n) is 1.65. The number of benzene rings is 1. The summed E-state index contributed by atoms with van der Waals surface area (Å²) >= 11 is 0. The molecule has 65 valence electrons. The Kier molecular flexibility index (Phi) is 3.77. The molecule has 0 aliphatic carbocycles. The summed E-state index contributed by atoms with van der Waals surface area (Å²) in [7, 11) is 1.66. The third kappa shape index (κ3) is 3.03. The minimum atomic E-state index is 0.0887. The summed E-state index contributed by atoms with van der Waals surface area (Å²) < 4.78 is 4.94. The van der Waals surface area contributed by atoms with Gasteiger partial charge < -0.3 is 10.5 Å². The minimum absolute atomic E-state index is 0.0887. The highest BCUT2D eigenvalue weighted by molar-refractivity contribution is 5.14. The fourth-order valence-corrected chi connectivity index (χ4v) is 1.13. The van der Waals surface area contributed by atoms with E-state index in [9.17, 15) is 0 Å². The minimum Gasteiger partial charge on any atom is -0.383 e. The predicted octanol–water partition coefficient (Wildman–Crippen LogP) is 1.00. The molecule has 0 unspecified atom stereocenters. The topological polar surface area (TPSA) is 35.2 Å². The standard InChI is InChI=1S/C10H14NO/c1-12-8-10(11)7-9-5-3-2-4-6-9/h2-3,5-6,10H,7-8,11H2,1H3/t10-/m0/s1. The Morgan fingerprint density at radius 3 is 3.08 bits per heavy atom. The molecule has 1 rings (SSSR count). The summed E-state index contributed by atoms with van der Waals surface area (Å²) in [4.78, 5) is 0. The Bertz CT molecular complexity index is 210. The predicted molar refractivity (Wildman–Crippen MR) is 48.8 cm³/mol. The van der Waals surface area contributed by atoms with Gasteiger partial charge in [-0.15, -0.1) is 0 Å². The van der Waals surface area contributed by atoms with Gasteiger partial charge in [0.15, 0.2) is 0 Å².